The molecule has 2 atom stereocenters. The molecule has 2 aromatic rings. The molecule has 0 bridgehead atoms. The molecule has 1 aliphatic heterocycles. The van der Waals surface area contributed by atoms with Gasteiger partial charge in [0.25, 0.3) is 0 Å². The SMILES string of the molecule is CC(C(=O)N1CCC2(CC1)Cc1ccccc1[C@H]2N)c1ccc(F)cc1. The first-order valence-corrected chi connectivity index (χ1v) is 9.38. The number of halogens is 1. The van der Waals surface area contributed by atoms with Gasteiger partial charge in [0, 0.05) is 19.1 Å². The van der Waals surface area contributed by atoms with Gasteiger partial charge in [-0.1, -0.05) is 36.4 Å². The Morgan fingerprint density at radius 2 is 1.81 bits per heavy atom. The number of nitrogens with zero attached hydrogens (tertiary/aromatic N) is 1. The molecule has 2 N–H and O–H groups in total. The number of hydrogen-bond acceptors (Lipinski definition) is 2. The van der Waals surface area contributed by atoms with Gasteiger partial charge in [0.05, 0.1) is 5.92 Å². The van der Waals surface area contributed by atoms with Crippen molar-refractivity contribution in [1.29, 1.82) is 0 Å². The molecule has 0 radical (unpaired) electrons. The molecule has 1 fully saturated rings. The van der Waals surface area contributed by atoms with Crippen LogP contribution in [0, 0.1) is 11.2 Å². The topological polar surface area (TPSA) is 46.3 Å². The van der Waals surface area contributed by atoms with E-state index in [2.05, 4.69) is 24.3 Å². The van der Waals surface area contributed by atoms with E-state index in [4.69, 9.17) is 5.73 Å². The molecule has 1 spiro atoms. The maximum Gasteiger partial charge on any atom is 0.229 e. The lowest BCUT2D eigenvalue weighted by atomic mass is 9.73. The highest BCUT2D eigenvalue weighted by molar-refractivity contribution is 5.83. The molecule has 136 valence electrons. The number of piperidine rings is 1. The van der Waals surface area contributed by atoms with Gasteiger partial charge in [0.1, 0.15) is 5.82 Å². The number of nitrogens with two attached hydrogens (primary N) is 1. The van der Waals surface area contributed by atoms with Gasteiger partial charge in [0.2, 0.25) is 5.91 Å². The molecule has 2 aromatic carbocycles. The highest BCUT2D eigenvalue weighted by atomic mass is 19.1. The molecule has 4 heteroatoms. The minimum atomic E-state index is -0.275. The van der Waals surface area contributed by atoms with E-state index in [1.165, 1.54) is 23.3 Å². The lowest BCUT2D eigenvalue weighted by Gasteiger charge is -2.42. The average molecular weight is 352 g/mol. The second kappa shape index (κ2) is 6.51. The Bertz CT molecular complexity index is 809. The largest absolute Gasteiger partial charge is 0.342 e. The Kier molecular flexibility index (Phi) is 4.31. The summed E-state index contributed by atoms with van der Waals surface area (Å²) in [4.78, 5) is 14.8. The van der Waals surface area contributed by atoms with Gasteiger partial charge >= 0.3 is 0 Å². The smallest absolute Gasteiger partial charge is 0.229 e. The number of hydrogen-bond donors (Lipinski definition) is 1. The van der Waals surface area contributed by atoms with Gasteiger partial charge in [-0.2, -0.15) is 0 Å². The minimum absolute atomic E-state index is 0.0606. The van der Waals surface area contributed by atoms with Crippen LogP contribution in [-0.4, -0.2) is 23.9 Å². The molecule has 0 saturated carbocycles. The summed E-state index contributed by atoms with van der Waals surface area (Å²) >= 11 is 0. The Hall–Kier alpha value is -2.20. The number of carbonyl (C=O) groups is 1. The number of fused-ring (bicyclic) bond motifs is 1. The van der Waals surface area contributed by atoms with E-state index < -0.39 is 0 Å². The second-order valence-corrected chi connectivity index (χ2v) is 7.81. The first kappa shape index (κ1) is 17.2. The molecule has 1 amide bonds. The third-order valence-electron chi connectivity index (χ3n) is 6.40. The van der Waals surface area contributed by atoms with Gasteiger partial charge in [-0.05, 0) is 60.4 Å². The predicted octanol–water partition coefficient (Wildman–Crippen LogP) is 3.79. The van der Waals surface area contributed by atoms with Crippen LogP contribution in [0.2, 0.25) is 0 Å². The molecule has 1 aliphatic carbocycles. The number of rotatable bonds is 2. The molecule has 1 saturated heterocycles. The Labute approximate surface area is 154 Å². The molecule has 26 heavy (non-hydrogen) atoms. The fourth-order valence-corrected chi connectivity index (χ4v) is 4.65. The summed E-state index contributed by atoms with van der Waals surface area (Å²) in [5, 5.41) is 0. The fraction of sp³-hybridized carbons (Fsp3) is 0.409. The summed E-state index contributed by atoms with van der Waals surface area (Å²) in [5.74, 6) is -0.405. The van der Waals surface area contributed by atoms with E-state index in [9.17, 15) is 9.18 Å². The Morgan fingerprint density at radius 1 is 1.15 bits per heavy atom. The van der Waals surface area contributed by atoms with Crippen LogP contribution in [0.5, 0.6) is 0 Å². The van der Waals surface area contributed by atoms with E-state index in [0.717, 1.165) is 37.9 Å². The average Bonchev–Trinajstić information content (AvgIpc) is 2.94. The van der Waals surface area contributed by atoms with Crippen molar-refractivity contribution in [3.63, 3.8) is 0 Å². The second-order valence-electron chi connectivity index (χ2n) is 7.81. The minimum Gasteiger partial charge on any atom is -0.342 e. The van der Waals surface area contributed by atoms with Crippen molar-refractivity contribution in [2.45, 2.75) is 38.1 Å². The van der Waals surface area contributed by atoms with Crippen LogP contribution in [0.1, 0.15) is 48.4 Å². The number of likely N-dealkylation sites (tertiary alicyclic amines) is 1. The zero-order chi connectivity index (χ0) is 18.3. The summed E-state index contributed by atoms with van der Waals surface area (Å²) in [6.45, 7) is 3.38. The van der Waals surface area contributed by atoms with Crippen LogP contribution in [-0.2, 0) is 11.2 Å². The van der Waals surface area contributed by atoms with Crippen molar-refractivity contribution in [2.75, 3.05) is 13.1 Å². The van der Waals surface area contributed by atoms with E-state index in [0.29, 0.717) is 0 Å². The maximum absolute atomic E-state index is 13.1. The van der Waals surface area contributed by atoms with Crippen LogP contribution in [0.3, 0.4) is 0 Å². The summed E-state index contributed by atoms with van der Waals surface area (Å²) in [6, 6.07) is 14.7. The summed E-state index contributed by atoms with van der Waals surface area (Å²) in [5.41, 5.74) is 10.2. The monoisotopic (exact) mass is 352 g/mol. The maximum atomic E-state index is 13.1. The first-order valence-electron chi connectivity index (χ1n) is 9.38. The van der Waals surface area contributed by atoms with Crippen LogP contribution in [0.4, 0.5) is 4.39 Å². The standard InChI is InChI=1S/C22H25FN2O/c1-15(16-6-8-18(23)9-7-16)21(26)25-12-10-22(11-13-25)14-17-4-2-3-5-19(17)20(22)24/h2-9,15,20H,10-14,24H2,1H3/t15?,20-/m1/s1. The Morgan fingerprint density at radius 3 is 2.46 bits per heavy atom. The summed E-state index contributed by atoms with van der Waals surface area (Å²) in [6.07, 6.45) is 2.88. The molecular weight excluding hydrogens is 327 g/mol. The zero-order valence-electron chi connectivity index (χ0n) is 15.1. The number of benzene rings is 2. The molecular formula is C22H25FN2O. The number of amides is 1. The summed E-state index contributed by atoms with van der Waals surface area (Å²) < 4.78 is 13.1. The molecule has 2 aliphatic rings. The van der Waals surface area contributed by atoms with Crippen molar-refractivity contribution in [3.8, 4) is 0 Å². The first-order chi connectivity index (χ1) is 12.5. The van der Waals surface area contributed by atoms with Crippen molar-refractivity contribution < 1.29 is 9.18 Å². The third-order valence-corrected chi connectivity index (χ3v) is 6.40. The third kappa shape index (κ3) is 2.82. The normalized spacial score (nSPS) is 22.3. The van der Waals surface area contributed by atoms with Gasteiger partial charge in [-0.3, -0.25) is 4.79 Å². The fourth-order valence-electron chi connectivity index (χ4n) is 4.65. The number of carbonyl (C=O) groups excluding carboxylic acids is 1. The van der Waals surface area contributed by atoms with Crippen LogP contribution in [0.15, 0.2) is 48.5 Å². The molecule has 1 heterocycles. The summed E-state index contributed by atoms with van der Waals surface area (Å²) in [7, 11) is 0. The zero-order valence-corrected chi connectivity index (χ0v) is 15.1. The Balaban J connectivity index is 1.44. The van der Waals surface area contributed by atoms with Crippen molar-refractivity contribution in [3.05, 3.63) is 71.0 Å². The van der Waals surface area contributed by atoms with E-state index in [-0.39, 0.29) is 29.1 Å². The lowest BCUT2D eigenvalue weighted by molar-refractivity contribution is -0.135. The van der Waals surface area contributed by atoms with Crippen LogP contribution < -0.4 is 5.73 Å². The van der Waals surface area contributed by atoms with E-state index >= 15 is 0 Å². The van der Waals surface area contributed by atoms with Gasteiger partial charge in [-0.25, -0.2) is 4.39 Å². The highest BCUT2D eigenvalue weighted by Crippen LogP contribution is 2.50. The quantitative estimate of drug-likeness (QED) is 0.894. The van der Waals surface area contributed by atoms with Gasteiger partial charge < -0.3 is 10.6 Å². The van der Waals surface area contributed by atoms with Gasteiger partial charge in [0.15, 0.2) is 0 Å². The molecule has 1 unspecified atom stereocenters. The van der Waals surface area contributed by atoms with Crippen LogP contribution >= 0.6 is 0 Å². The van der Waals surface area contributed by atoms with Crippen molar-refractivity contribution >= 4 is 5.91 Å². The highest BCUT2D eigenvalue weighted by Gasteiger charge is 2.46. The van der Waals surface area contributed by atoms with Crippen molar-refractivity contribution in [2.24, 2.45) is 11.1 Å². The molecule has 4 rings (SSSR count). The predicted molar refractivity (Wildman–Crippen MR) is 100 cm³/mol. The van der Waals surface area contributed by atoms with E-state index in [1.807, 2.05) is 11.8 Å². The van der Waals surface area contributed by atoms with Crippen LogP contribution in [0.25, 0.3) is 0 Å². The van der Waals surface area contributed by atoms with E-state index in [1.54, 1.807) is 12.1 Å². The van der Waals surface area contributed by atoms with Gasteiger partial charge in [-0.15, -0.1) is 0 Å². The van der Waals surface area contributed by atoms with Crippen molar-refractivity contribution in [1.82, 2.24) is 4.90 Å². The lowest BCUT2D eigenvalue weighted by Crippen LogP contribution is -2.47. The molecule has 0 aromatic heterocycles. The molecule has 3 nitrogen and oxygen atoms in total.